The molecular weight excluding hydrogens is 226 g/mol. The SMILES string of the molecule is CN(C)c1ccc(C(NN)c2cnccn2)cc1. The Labute approximate surface area is 107 Å². The Morgan fingerprint density at radius 1 is 1.17 bits per heavy atom. The van der Waals surface area contributed by atoms with E-state index >= 15 is 0 Å². The van der Waals surface area contributed by atoms with Crippen LogP contribution in [-0.4, -0.2) is 24.1 Å². The van der Waals surface area contributed by atoms with Crippen molar-refractivity contribution in [3.63, 3.8) is 0 Å². The van der Waals surface area contributed by atoms with Gasteiger partial charge >= 0.3 is 0 Å². The fourth-order valence-corrected chi connectivity index (χ4v) is 1.78. The number of rotatable bonds is 4. The summed E-state index contributed by atoms with van der Waals surface area (Å²) in [6.07, 6.45) is 5.02. The van der Waals surface area contributed by atoms with Crippen molar-refractivity contribution in [3.8, 4) is 0 Å². The molecule has 0 aliphatic carbocycles. The van der Waals surface area contributed by atoms with Crippen molar-refractivity contribution in [2.24, 2.45) is 5.84 Å². The van der Waals surface area contributed by atoms with Gasteiger partial charge in [-0.1, -0.05) is 12.1 Å². The Kier molecular flexibility index (Phi) is 3.86. The third kappa shape index (κ3) is 2.64. The molecule has 0 bridgehead atoms. The van der Waals surface area contributed by atoms with E-state index < -0.39 is 0 Å². The zero-order valence-corrected chi connectivity index (χ0v) is 10.5. The van der Waals surface area contributed by atoms with Crippen molar-refractivity contribution < 1.29 is 0 Å². The molecule has 0 saturated carbocycles. The maximum Gasteiger partial charge on any atom is 0.0897 e. The van der Waals surface area contributed by atoms with Crippen LogP contribution in [-0.2, 0) is 0 Å². The summed E-state index contributed by atoms with van der Waals surface area (Å²) in [5.74, 6) is 5.61. The first kappa shape index (κ1) is 12.5. The number of anilines is 1. The molecule has 0 amide bonds. The molecule has 1 unspecified atom stereocenters. The van der Waals surface area contributed by atoms with Crippen LogP contribution in [0.5, 0.6) is 0 Å². The first-order valence-electron chi connectivity index (χ1n) is 5.71. The second kappa shape index (κ2) is 5.57. The lowest BCUT2D eigenvalue weighted by molar-refractivity contribution is 0.618. The van der Waals surface area contributed by atoms with Crippen molar-refractivity contribution in [2.45, 2.75) is 6.04 Å². The molecule has 3 N–H and O–H groups in total. The van der Waals surface area contributed by atoms with Crippen LogP contribution in [0.1, 0.15) is 17.3 Å². The first-order valence-corrected chi connectivity index (χ1v) is 5.71. The van der Waals surface area contributed by atoms with Crippen LogP contribution in [0, 0.1) is 0 Å². The molecule has 1 aromatic carbocycles. The minimum atomic E-state index is -0.144. The van der Waals surface area contributed by atoms with Gasteiger partial charge in [0.15, 0.2) is 0 Å². The van der Waals surface area contributed by atoms with Crippen LogP contribution >= 0.6 is 0 Å². The van der Waals surface area contributed by atoms with Gasteiger partial charge in [0.25, 0.3) is 0 Å². The van der Waals surface area contributed by atoms with Gasteiger partial charge in [0.2, 0.25) is 0 Å². The quantitative estimate of drug-likeness (QED) is 0.621. The smallest absolute Gasteiger partial charge is 0.0897 e. The van der Waals surface area contributed by atoms with Crippen LogP contribution in [0.3, 0.4) is 0 Å². The van der Waals surface area contributed by atoms with Gasteiger partial charge in [0.1, 0.15) is 0 Å². The summed E-state index contributed by atoms with van der Waals surface area (Å²) in [6.45, 7) is 0. The summed E-state index contributed by atoms with van der Waals surface area (Å²) in [6, 6.07) is 8.03. The van der Waals surface area contributed by atoms with Gasteiger partial charge in [-0.15, -0.1) is 0 Å². The third-order valence-corrected chi connectivity index (χ3v) is 2.79. The Hall–Kier alpha value is -1.98. The predicted octanol–water partition coefficient (Wildman–Crippen LogP) is 1.10. The van der Waals surface area contributed by atoms with E-state index in [0.717, 1.165) is 16.9 Å². The molecule has 0 spiro atoms. The Morgan fingerprint density at radius 3 is 2.39 bits per heavy atom. The van der Waals surface area contributed by atoms with Gasteiger partial charge in [0.05, 0.1) is 17.9 Å². The molecule has 94 valence electrons. The Balaban J connectivity index is 2.28. The number of nitrogens with zero attached hydrogens (tertiary/aromatic N) is 3. The predicted molar refractivity (Wildman–Crippen MR) is 72.0 cm³/mol. The number of hydrogen-bond acceptors (Lipinski definition) is 5. The summed E-state index contributed by atoms with van der Waals surface area (Å²) in [4.78, 5) is 10.4. The lowest BCUT2D eigenvalue weighted by atomic mass is 10.0. The van der Waals surface area contributed by atoms with Crippen LogP contribution in [0.25, 0.3) is 0 Å². The molecule has 0 saturated heterocycles. The lowest BCUT2D eigenvalue weighted by Gasteiger charge is -2.17. The highest BCUT2D eigenvalue weighted by Gasteiger charge is 2.13. The van der Waals surface area contributed by atoms with Gasteiger partial charge in [0, 0.05) is 32.2 Å². The standard InChI is InChI=1S/C13H17N5/c1-18(2)11-5-3-10(4-6-11)13(17-14)12-9-15-7-8-16-12/h3-9,13,17H,14H2,1-2H3. The van der Waals surface area contributed by atoms with Crippen molar-refractivity contribution in [2.75, 3.05) is 19.0 Å². The van der Waals surface area contributed by atoms with Crippen LogP contribution in [0.4, 0.5) is 5.69 Å². The molecule has 0 aliphatic rings. The van der Waals surface area contributed by atoms with Gasteiger partial charge in [-0.05, 0) is 17.7 Å². The molecule has 0 radical (unpaired) electrons. The molecule has 18 heavy (non-hydrogen) atoms. The lowest BCUT2D eigenvalue weighted by Crippen LogP contribution is -2.29. The zero-order valence-electron chi connectivity index (χ0n) is 10.5. The topological polar surface area (TPSA) is 67.1 Å². The Bertz CT molecular complexity index is 480. The largest absolute Gasteiger partial charge is 0.378 e. The van der Waals surface area contributed by atoms with Crippen LogP contribution in [0.2, 0.25) is 0 Å². The fraction of sp³-hybridized carbons (Fsp3) is 0.231. The van der Waals surface area contributed by atoms with Crippen LogP contribution in [0.15, 0.2) is 42.9 Å². The summed E-state index contributed by atoms with van der Waals surface area (Å²) in [5, 5.41) is 0. The maximum atomic E-state index is 5.61. The summed E-state index contributed by atoms with van der Waals surface area (Å²) < 4.78 is 0. The third-order valence-electron chi connectivity index (χ3n) is 2.79. The summed E-state index contributed by atoms with van der Waals surface area (Å²) in [7, 11) is 4.02. The average Bonchev–Trinajstić information content (AvgIpc) is 2.41. The van der Waals surface area contributed by atoms with E-state index in [1.54, 1.807) is 18.6 Å². The molecule has 1 aromatic heterocycles. The highest BCUT2D eigenvalue weighted by Crippen LogP contribution is 2.21. The van der Waals surface area contributed by atoms with Crippen molar-refractivity contribution >= 4 is 5.69 Å². The maximum absolute atomic E-state index is 5.61. The molecule has 0 fully saturated rings. The molecule has 2 aromatic rings. The number of nitrogens with two attached hydrogens (primary N) is 1. The Morgan fingerprint density at radius 2 is 1.89 bits per heavy atom. The van der Waals surface area contributed by atoms with Gasteiger partial charge < -0.3 is 4.90 Å². The molecule has 0 aliphatic heterocycles. The second-order valence-electron chi connectivity index (χ2n) is 4.22. The van der Waals surface area contributed by atoms with E-state index in [2.05, 4.69) is 32.4 Å². The number of benzene rings is 1. The molecule has 1 heterocycles. The highest BCUT2D eigenvalue weighted by atomic mass is 15.2. The van der Waals surface area contributed by atoms with E-state index in [1.165, 1.54) is 0 Å². The number of hydrazine groups is 1. The zero-order chi connectivity index (χ0) is 13.0. The van der Waals surface area contributed by atoms with E-state index in [1.807, 2.05) is 26.2 Å². The molecule has 2 rings (SSSR count). The van der Waals surface area contributed by atoms with Crippen molar-refractivity contribution in [1.82, 2.24) is 15.4 Å². The first-order chi connectivity index (χ1) is 8.72. The monoisotopic (exact) mass is 243 g/mol. The van der Waals surface area contributed by atoms with E-state index in [4.69, 9.17) is 5.84 Å². The number of hydrogen-bond donors (Lipinski definition) is 2. The van der Waals surface area contributed by atoms with Gasteiger partial charge in [-0.25, -0.2) is 5.43 Å². The van der Waals surface area contributed by atoms with Gasteiger partial charge in [-0.2, -0.15) is 0 Å². The second-order valence-corrected chi connectivity index (χ2v) is 4.22. The fourth-order valence-electron chi connectivity index (χ4n) is 1.78. The molecule has 1 atom stereocenters. The van der Waals surface area contributed by atoms with Crippen LogP contribution < -0.4 is 16.2 Å². The van der Waals surface area contributed by atoms with E-state index in [-0.39, 0.29) is 6.04 Å². The average molecular weight is 243 g/mol. The highest BCUT2D eigenvalue weighted by molar-refractivity contribution is 5.47. The number of aromatic nitrogens is 2. The minimum absolute atomic E-state index is 0.144. The van der Waals surface area contributed by atoms with Crippen molar-refractivity contribution in [1.29, 1.82) is 0 Å². The van der Waals surface area contributed by atoms with E-state index in [9.17, 15) is 0 Å². The van der Waals surface area contributed by atoms with E-state index in [0.29, 0.717) is 0 Å². The summed E-state index contributed by atoms with van der Waals surface area (Å²) in [5.41, 5.74) is 5.78. The molecule has 5 nitrogen and oxygen atoms in total. The number of nitrogens with one attached hydrogen (secondary N) is 1. The molecular formula is C13H17N5. The van der Waals surface area contributed by atoms with Crippen molar-refractivity contribution in [3.05, 3.63) is 54.1 Å². The minimum Gasteiger partial charge on any atom is -0.378 e. The summed E-state index contributed by atoms with van der Waals surface area (Å²) >= 11 is 0. The molecule has 5 heteroatoms. The normalized spacial score (nSPS) is 12.2. The van der Waals surface area contributed by atoms with Gasteiger partial charge in [-0.3, -0.25) is 15.8 Å².